The van der Waals surface area contributed by atoms with Crippen LogP contribution in [0.2, 0.25) is 3.34 Å². The Morgan fingerprint density at radius 3 is 0.955 bits per heavy atom. The molecule has 0 saturated carbocycles. The first kappa shape index (κ1) is 40.4. The molecule has 0 N–H and O–H groups in total. The fourth-order valence-corrected chi connectivity index (χ4v) is 15.6. The Morgan fingerprint density at radius 2 is 0.727 bits per heavy atom. The molecule has 0 aliphatic heterocycles. The Labute approximate surface area is 298 Å². The van der Waals surface area contributed by atoms with Crippen molar-refractivity contribution in [1.29, 1.82) is 0 Å². The monoisotopic (exact) mass is 703 g/mol. The summed E-state index contributed by atoms with van der Waals surface area (Å²) in [6.45, 7) is 16.2. The van der Waals surface area contributed by atoms with E-state index < -0.39 is 8.07 Å². The van der Waals surface area contributed by atoms with E-state index in [1.807, 2.05) is 0 Å². The van der Waals surface area contributed by atoms with Gasteiger partial charge in [-0.2, -0.15) is 0 Å². The largest absolute Gasteiger partial charge is 1.00 e. The van der Waals surface area contributed by atoms with Gasteiger partial charge in [0, 0.05) is 0 Å². The average molecular weight is 705 g/mol. The van der Waals surface area contributed by atoms with Crippen LogP contribution in [0.3, 0.4) is 0 Å². The van der Waals surface area contributed by atoms with Crippen molar-refractivity contribution in [2.24, 2.45) is 0 Å². The fourth-order valence-electron chi connectivity index (χ4n) is 7.09. The standard InChI is InChI=1S/C36H48N3Si.3ClH.Ti/c1-23-14-17-30(20-33(23)37(8)9)40(36-28(6)26(4)27(5)29(36)7,31-18-15-24(2)34(21-31)38(10)11)32-19-16-25(3)35(22-32)39(12)13;;;;/h14-22H,1-13H3;3*1H;/q;;;;+3/p-3. The van der Waals surface area contributed by atoms with Gasteiger partial charge in [0.1, 0.15) is 0 Å². The van der Waals surface area contributed by atoms with Crippen molar-refractivity contribution >= 4 is 40.7 Å². The number of nitrogens with zero attached hydrogens (tertiary/aromatic N) is 3. The summed E-state index contributed by atoms with van der Waals surface area (Å²) in [4.78, 5) is 6.83. The van der Waals surface area contributed by atoms with Crippen LogP contribution >= 0.6 is 0 Å². The molecule has 0 fully saturated rings. The molecule has 44 heavy (non-hydrogen) atoms. The van der Waals surface area contributed by atoms with E-state index in [1.54, 1.807) is 0 Å². The molecule has 0 radical (unpaired) electrons. The summed E-state index contributed by atoms with van der Waals surface area (Å²) in [5.74, 6) is 0. The third-order valence-electron chi connectivity index (χ3n) is 9.75. The molecule has 0 saturated heterocycles. The summed E-state index contributed by atoms with van der Waals surface area (Å²) in [5.41, 5.74) is 13.7. The molecule has 8 heteroatoms. The molecule has 0 aromatic heterocycles. The Bertz CT molecular complexity index is 1410. The molecule has 0 atom stereocenters. The number of benzene rings is 3. The summed E-state index contributed by atoms with van der Waals surface area (Å²) in [5, 5.41) is 4.37. The maximum atomic E-state index is 2.56. The van der Waals surface area contributed by atoms with E-state index >= 15 is 0 Å². The number of aryl methyl sites for hydroxylation is 3. The first-order valence-corrected chi connectivity index (χ1v) is 17.3. The van der Waals surface area contributed by atoms with E-state index in [4.69, 9.17) is 0 Å². The van der Waals surface area contributed by atoms with E-state index in [2.05, 4.69) is 180 Å². The second-order valence-corrected chi connectivity index (χ2v) is 18.6. The number of anilines is 3. The number of halogens is 3. The van der Waals surface area contributed by atoms with Crippen molar-refractivity contribution in [3.63, 3.8) is 0 Å². The molecule has 0 heterocycles. The van der Waals surface area contributed by atoms with E-state index in [9.17, 15) is 0 Å². The molecule has 236 valence electrons. The van der Waals surface area contributed by atoms with Crippen LogP contribution in [0.25, 0.3) is 0 Å². The molecule has 1 aliphatic carbocycles. The van der Waals surface area contributed by atoms with Crippen molar-refractivity contribution in [3.8, 4) is 0 Å². The van der Waals surface area contributed by atoms with Gasteiger partial charge in [0.25, 0.3) is 0 Å². The van der Waals surface area contributed by atoms with Crippen LogP contribution in [0.1, 0.15) is 44.4 Å². The molecular formula is C36H48Cl3N3SiTi. The Kier molecular flexibility index (Phi) is 13.6. The second kappa shape index (κ2) is 14.8. The van der Waals surface area contributed by atoms with Crippen LogP contribution in [0.5, 0.6) is 0 Å². The summed E-state index contributed by atoms with van der Waals surface area (Å²) in [6, 6.07) is 22.0. The maximum absolute atomic E-state index is 2.82. The van der Waals surface area contributed by atoms with E-state index in [1.165, 1.54) is 71.6 Å². The van der Waals surface area contributed by atoms with Crippen molar-refractivity contribution < 1.29 is 57.7 Å². The minimum Gasteiger partial charge on any atom is -1.00 e. The van der Waals surface area contributed by atoms with Gasteiger partial charge in [-0.25, -0.2) is 0 Å². The SMILES string of the molecule is CC1=C(C)[C]([Ti+3])([Si](c2ccc(C)c(N(C)C)c2)(c2ccc(C)c(N(C)C)c2)c2ccc(C)c(N(C)C)c2)C(C)=C1C.[Cl-].[Cl-].[Cl-]. The second-order valence-electron chi connectivity index (χ2n) is 12.7. The Morgan fingerprint density at radius 1 is 0.477 bits per heavy atom. The summed E-state index contributed by atoms with van der Waals surface area (Å²) in [6.07, 6.45) is 0. The van der Waals surface area contributed by atoms with Gasteiger partial charge in [0.15, 0.2) is 0 Å². The number of hydrogen-bond acceptors (Lipinski definition) is 3. The van der Waals surface area contributed by atoms with Gasteiger partial charge in [-0.3, -0.25) is 0 Å². The smallest absolute Gasteiger partial charge is 1.00 e. The number of rotatable bonds is 7. The average Bonchev–Trinajstić information content (AvgIpc) is 3.06. The first-order chi connectivity index (χ1) is 19.1. The van der Waals surface area contributed by atoms with Gasteiger partial charge in [0.05, 0.1) is 0 Å². The number of hydrogen-bond donors (Lipinski definition) is 0. The Balaban J connectivity index is 0.00000323. The Hall–Kier alpha value is -1.66. The third kappa shape index (κ3) is 6.20. The maximum Gasteiger partial charge on any atom is -1.00 e. The third-order valence-corrected chi connectivity index (χ3v) is 18.1. The van der Waals surface area contributed by atoms with Gasteiger partial charge in [0.2, 0.25) is 0 Å². The molecule has 0 unspecified atom stereocenters. The topological polar surface area (TPSA) is 9.72 Å². The van der Waals surface area contributed by atoms with Gasteiger partial charge in [-0.1, -0.05) is 0 Å². The molecule has 3 nitrogen and oxygen atoms in total. The van der Waals surface area contributed by atoms with Crippen LogP contribution < -0.4 is 67.5 Å². The zero-order valence-corrected chi connectivity index (χ0v) is 33.5. The van der Waals surface area contributed by atoms with E-state index in [0.29, 0.717) is 0 Å². The molecule has 4 rings (SSSR count). The van der Waals surface area contributed by atoms with Crippen LogP contribution in [-0.2, 0) is 20.4 Å². The van der Waals surface area contributed by atoms with Crippen molar-refractivity contribution in [1.82, 2.24) is 0 Å². The molecule has 0 spiro atoms. The molecule has 0 amide bonds. The van der Waals surface area contributed by atoms with Crippen LogP contribution in [0.4, 0.5) is 17.1 Å². The molecule has 0 bridgehead atoms. The molecule has 1 aliphatic rings. The first-order valence-electron chi connectivity index (χ1n) is 14.6. The van der Waals surface area contributed by atoms with E-state index in [0.717, 1.165) is 0 Å². The summed E-state index contributed by atoms with van der Waals surface area (Å²) in [7, 11) is 10.2. The number of allylic oxidation sites excluding steroid dienone is 4. The molecule has 3 aromatic rings. The quantitative estimate of drug-likeness (QED) is 0.195. The normalized spacial score (nSPS) is 14.1. The zero-order valence-electron chi connectivity index (χ0n) is 28.7. The van der Waals surface area contributed by atoms with Crippen LogP contribution in [0, 0.1) is 20.8 Å². The van der Waals surface area contributed by atoms with Crippen LogP contribution in [0.15, 0.2) is 76.9 Å². The predicted octanol–water partition coefficient (Wildman–Crippen LogP) is -2.78. The van der Waals surface area contributed by atoms with Crippen molar-refractivity contribution in [2.45, 2.75) is 51.8 Å². The van der Waals surface area contributed by atoms with E-state index in [-0.39, 0.29) is 40.6 Å². The van der Waals surface area contributed by atoms with Gasteiger partial charge >= 0.3 is 264 Å². The van der Waals surface area contributed by atoms with Gasteiger partial charge < -0.3 is 37.2 Å². The van der Waals surface area contributed by atoms with Gasteiger partial charge in [-0.15, -0.1) is 0 Å². The van der Waals surface area contributed by atoms with Crippen molar-refractivity contribution in [2.75, 3.05) is 57.0 Å². The minimum atomic E-state index is -2.82. The summed E-state index contributed by atoms with van der Waals surface area (Å²) >= 11 is 2.56. The summed E-state index contributed by atoms with van der Waals surface area (Å²) < 4.78 is -0.155. The predicted molar refractivity (Wildman–Crippen MR) is 181 cm³/mol. The fraction of sp³-hybridized carbons (Fsp3) is 0.389. The van der Waals surface area contributed by atoms with Crippen molar-refractivity contribution in [3.05, 3.63) is 93.6 Å². The molecular weight excluding hydrogens is 657 g/mol. The molecule has 3 aromatic carbocycles. The van der Waals surface area contributed by atoms with Crippen LogP contribution in [-0.4, -0.2) is 50.4 Å². The zero-order chi connectivity index (χ0) is 30.6. The minimum absolute atomic E-state index is 0. The van der Waals surface area contributed by atoms with Gasteiger partial charge in [-0.05, 0) is 0 Å².